The van der Waals surface area contributed by atoms with E-state index in [1.54, 1.807) is 24.3 Å². The van der Waals surface area contributed by atoms with Crippen molar-refractivity contribution < 1.29 is 20.1 Å². The van der Waals surface area contributed by atoms with Gasteiger partial charge in [0.15, 0.2) is 0 Å². The molecule has 2 aromatic carbocycles. The Kier molecular flexibility index (Phi) is 6.54. The topological polar surface area (TPSA) is 167 Å². The molecule has 5 rings (SSSR count). The Morgan fingerprint density at radius 3 is 2.64 bits per heavy atom. The maximum atomic E-state index is 11.6. The number of benzene rings is 2. The van der Waals surface area contributed by atoms with Crippen LogP contribution in [0.15, 0.2) is 48.5 Å². The summed E-state index contributed by atoms with van der Waals surface area (Å²) in [5, 5.41) is 37.6. The van der Waals surface area contributed by atoms with Gasteiger partial charge in [0, 0.05) is 23.8 Å². The summed E-state index contributed by atoms with van der Waals surface area (Å²) in [6, 6.07) is 14.0. The molecule has 7 N–H and O–H groups in total. The summed E-state index contributed by atoms with van der Waals surface area (Å²) >= 11 is 1.50. The summed E-state index contributed by atoms with van der Waals surface area (Å²) in [6.45, 7) is 1.61. The fourth-order valence-corrected chi connectivity index (χ4v) is 5.54. The third-order valence-electron chi connectivity index (χ3n) is 6.36. The van der Waals surface area contributed by atoms with Crippen molar-refractivity contribution in [1.82, 2.24) is 15.0 Å². The lowest BCUT2D eigenvalue weighted by molar-refractivity contribution is 0.00446. The molecule has 0 radical (unpaired) electrons. The van der Waals surface area contributed by atoms with E-state index >= 15 is 0 Å². The van der Waals surface area contributed by atoms with E-state index in [0.717, 1.165) is 10.2 Å². The summed E-state index contributed by atoms with van der Waals surface area (Å²) in [6.07, 6.45) is -1.76. The second kappa shape index (κ2) is 9.78. The van der Waals surface area contributed by atoms with Gasteiger partial charge in [-0.1, -0.05) is 18.2 Å². The molecule has 2 aromatic heterocycles. The van der Waals surface area contributed by atoms with Crippen LogP contribution in [0.1, 0.15) is 22.5 Å². The minimum atomic E-state index is -1.08. The third-order valence-corrected chi connectivity index (χ3v) is 7.41. The van der Waals surface area contributed by atoms with E-state index in [1.807, 2.05) is 31.2 Å². The largest absolute Gasteiger partial charge is 0.396 e. The van der Waals surface area contributed by atoms with E-state index < -0.39 is 30.1 Å². The molecule has 0 unspecified atom stereocenters. The Bertz CT molecular complexity index is 1390. The standard InChI is InChI=1S/C25H26N6O4S/c1-12-19(24-30-16-7-2-3-8-18(16)36-24)23(29-17-10-14(11-32)20(33)21(17)34)31-25(27-12)28-15-6-4-5-13(9-15)22(26)35/h2-9,14,17,20-21,32-34H,10-11H2,1H3,(H2,26,35)(H2,27,28,29,31)/t14-,17-,20-,21+/m1/s1. The molecule has 0 saturated heterocycles. The Balaban J connectivity index is 1.56. The molecule has 4 aromatic rings. The Morgan fingerprint density at radius 1 is 1.11 bits per heavy atom. The van der Waals surface area contributed by atoms with Gasteiger partial charge in [-0.2, -0.15) is 4.98 Å². The number of hydrogen-bond donors (Lipinski definition) is 6. The third kappa shape index (κ3) is 4.61. The summed E-state index contributed by atoms with van der Waals surface area (Å²) < 4.78 is 1.01. The van der Waals surface area contributed by atoms with Gasteiger partial charge in [0.2, 0.25) is 11.9 Å². The lowest BCUT2D eigenvalue weighted by Crippen LogP contribution is -2.35. The van der Waals surface area contributed by atoms with E-state index in [-0.39, 0.29) is 12.6 Å². The predicted octanol–water partition coefficient (Wildman–Crippen LogP) is 2.42. The molecule has 10 nitrogen and oxygen atoms in total. The molecule has 2 heterocycles. The van der Waals surface area contributed by atoms with Crippen molar-refractivity contribution in [3.63, 3.8) is 0 Å². The van der Waals surface area contributed by atoms with Crippen LogP contribution in [-0.2, 0) is 0 Å². The second-order valence-electron chi connectivity index (χ2n) is 8.82. The number of primary amides is 1. The first kappa shape index (κ1) is 24.1. The number of hydrogen-bond acceptors (Lipinski definition) is 10. The fraction of sp³-hybridized carbons (Fsp3) is 0.280. The number of nitrogens with zero attached hydrogens (tertiary/aromatic N) is 3. The van der Waals surface area contributed by atoms with Gasteiger partial charge in [-0.15, -0.1) is 11.3 Å². The van der Waals surface area contributed by atoms with Gasteiger partial charge in [-0.3, -0.25) is 4.79 Å². The molecular weight excluding hydrogens is 480 g/mol. The zero-order valence-electron chi connectivity index (χ0n) is 19.4. The lowest BCUT2D eigenvalue weighted by Gasteiger charge is -2.21. The van der Waals surface area contributed by atoms with Gasteiger partial charge in [-0.25, -0.2) is 9.97 Å². The number of nitrogens with two attached hydrogens (primary N) is 1. The molecular formula is C25H26N6O4S. The molecule has 1 aliphatic rings. The molecule has 36 heavy (non-hydrogen) atoms. The van der Waals surface area contributed by atoms with Crippen molar-refractivity contribution in [3.05, 3.63) is 59.8 Å². The molecule has 1 amide bonds. The number of aryl methyl sites for hydroxylation is 1. The molecule has 0 aliphatic heterocycles. The van der Waals surface area contributed by atoms with Crippen LogP contribution in [0, 0.1) is 12.8 Å². The van der Waals surface area contributed by atoms with Crippen LogP contribution in [0.4, 0.5) is 17.5 Å². The van der Waals surface area contributed by atoms with Gasteiger partial charge in [0.1, 0.15) is 16.9 Å². The highest BCUT2D eigenvalue weighted by Gasteiger charge is 2.41. The number of para-hydroxylation sites is 1. The van der Waals surface area contributed by atoms with Crippen molar-refractivity contribution >= 4 is 44.9 Å². The SMILES string of the molecule is Cc1nc(Nc2cccc(C(N)=O)c2)nc(N[C@@H]2C[C@H](CO)[C@@H](O)[C@H]2O)c1-c1nc2ccccc2s1. The second-order valence-corrected chi connectivity index (χ2v) is 9.85. The van der Waals surface area contributed by atoms with Gasteiger partial charge < -0.3 is 31.7 Å². The smallest absolute Gasteiger partial charge is 0.248 e. The van der Waals surface area contributed by atoms with E-state index in [2.05, 4.69) is 20.6 Å². The zero-order chi connectivity index (χ0) is 25.4. The van der Waals surface area contributed by atoms with Crippen LogP contribution in [0.2, 0.25) is 0 Å². The van der Waals surface area contributed by atoms with Crippen LogP contribution in [0.5, 0.6) is 0 Å². The van der Waals surface area contributed by atoms with Gasteiger partial charge in [0.05, 0.1) is 33.6 Å². The number of anilines is 3. The van der Waals surface area contributed by atoms with E-state index in [1.165, 1.54) is 11.3 Å². The first-order valence-corrected chi connectivity index (χ1v) is 12.3. The molecule has 1 fully saturated rings. The maximum absolute atomic E-state index is 11.6. The lowest BCUT2D eigenvalue weighted by atomic mass is 10.1. The number of rotatable bonds is 7. The van der Waals surface area contributed by atoms with E-state index in [9.17, 15) is 20.1 Å². The number of aliphatic hydroxyl groups is 3. The van der Waals surface area contributed by atoms with Gasteiger partial charge in [-0.05, 0) is 43.7 Å². The molecule has 0 bridgehead atoms. The highest BCUT2D eigenvalue weighted by Crippen LogP contribution is 2.38. The van der Waals surface area contributed by atoms with Crippen molar-refractivity contribution in [2.24, 2.45) is 11.7 Å². The monoisotopic (exact) mass is 506 g/mol. The number of nitrogens with one attached hydrogen (secondary N) is 2. The highest BCUT2D eigenvalue weighted by atomic mass is 32.1. The molecule has 186 valence electrons. The maximum Gasteiger partial charge on any atom is 0.248 e. The number of aromatic nitrogens is 3. The summed E-state index contributed by atoms with van der Waals surface area (Å²) in [7, 11) is 0. The Hall–Kier alpha value is -3.64. The molecule has 11 heteroatoms. The molecule has 1 aliphatic carbocycles. The zero-order valence-corrected chi connectivity index (χ0v) is 20.2. The number of carbonyl (C=O) groups excluding carboxylic acids is 1. The van der Waals surface area contributed by atoms with Gasteiger partial charge in [0.25, 0.3) is 0 Å². The number of aliphatic hydroxyl groups excluding tert-OH is 3. The Morgan fingerprint density at radius 2 is 1.92 bits per heavy atom. The normalized spacial score (nSPS) is 21.6. The number of amides is 1. The summed E-state index contributed by atoms with van der Waals surface area (Å²) in [4.78, 5) is 25.7. The van der Waals surface area contributed by atoms with Crippen LogP contribution in [-0.4, -0.2) is 61.0 Å². The predicted molar refractivity (Wildman–Crippen MR) is 138 cm³/mol. The summed E-state index contributed by atoms with van der Waals surface area (Å²) in [5.74, 6) is -0.282. The molecule has 0 spiro atoms. The average Bonchev–Trinajstić information content (AvgIpc) is 3.40. The van der Waals surface area contributed by atoms with E-state index in [0.29, 0.717) is 39.8 Å². The van der Waals surface area contributed by atoms with Crippen molar-refractivity contribution in [2.75, 3.05) is 17.2 Å². The molecule has 1 saturated carbocycles. The minimum absolute atomic E-state index is 0.229. The van der Waals surface area contributed by atoms with Crippen LogP contribution in [0.3, 0.4) is 0 Å². The van der Waals surface area contributed by atoms with Crippen LogP contribution >= 0.6 is 11.3 Å². The highest BCUT2D eigenvalue weighted by molar-refractivity contribution is 7.21. The van der Waals surface area contributed by atoms with Crippen molar-refractivity contribution in [2.45, 2.75) is 31.6 Å². The summed E-state index contributed by atoms with van der Waals surface area (Å²) in [5.41, 5.74) is 8.51. The van der Waals surface area contributed by atoms with Crippen LogP contribution in [0.25, 0.3) is 20.8 Å². The van der Waals surface area contributed by atoms with Gasteiger partial charge >= 0.3 is 0 Å². The van der Waals surface area contributed by atoms with E-state index in [4.69, 9.17) is 10.7 Å². The van der Waals surface area contributed by atoms with Crippen LogP contribution < -0.4 is 16.4 Å². The minimum Gasteiger partial charge on any atom is -0.396 e. The number of thiazole rings is 1. The average molecular weight is 507 g/mol. The van der Waals surface area contributed by atoms with Crippen molar-refractivity contribution in [1.29, 1.82) is 0 Å². The fourth-order valence-electron chi connectivity index (χ4n) is 4.47. The number of fused-ring (bicyclic) bond motifs is 1. The van der Waals surface area contributed by atoms with Crippen molar-refractivity contribution in [3.8, 4) is 10.6 Å². The quantitative estimate of drug-likeness (QED) is 0.221. The first-order valence-electron chi connectivity index (χ1n) is 11.5. The number of carbonyl (C=O) groups is 1. The molecule has 4 atom stereocenters. The Labute approximate surface area is 210 Å². The first-order chi connectivity index (χ1) is 17.3.